The highest BCUT2D eigenvalue weighted by Gasteiger charge is 2.27. The molecule has 0 spiro atoms. The zero-order chi connectivity index (χ0) is 26.6. The van der Waals surface area contributed by atoms with Gasteiger partial charge in [-0.25, -0.2) is 8.78 Å². The molecular formula is C29H35F2N3O3. The second-order valence-corrected chi connectivity index (χ2v) is 10.8. The van der Waals surface area contributed by atoms with Gasteiger partial charge in [0.25, 0.3) is 5.91 Å². The number of alkyl halides is 1. The number of likely N-dealkylation sites (tertiary alicyclic amines) is 2. The van der Waals surface area contributed by atoms with Crippen molar-refractivity contribution in [1.29, 1.82) is 5.26 Å². The second kappa shape index (κ2) is 11.6. The van der Waals surface area contributed by atoms with Crippen LogP contribution in [0, 0.1) is 23.1 Å². The van der Waals surface area contributed by atoms with Crippen LogP contribution in [-0.4, -0.2) is 71.9 Å². The van der Waals surface area contributed by atoms with E-state index in [1.54, 1.807) is 38.1 Å². The van der Waals surface area contributed by atoms with E-state index in [9.17, 15) is 23.9 Å². The number of hydrogen-bond acceptors (Lipinski definition) is 5. The minimum absolute atomic E-state index is 0.0283. The SMILES string of the molecule is CC(C)(F)CN1CCC(COc2ccc(-c3ccc(C(=O)N4CCC[C@@H](O)C4)c(F)c3)cc2C#N)CC1. The van der Waals surface area contributed by atoms with Gasteiger partial charge in [0.1, 0.15) is 23.3 Å². The molecule has 2 aromatic carbocycles. The number of carbonyl (C=O) groups is 1. The summed E-state index contributed by atoms with van der Waals surface area (Å²) >= 11 is 0. The van der Waals surface area contributed by atoms with Crippen LogP contribution in [0.1, 0.15) is 55.5 Å². The Hall–Kier alpha value is -3.02. The van der Waals surface area contributed by atoms with Gasteiger partial charge in [-0.15, -0.1) is 0 Å². The van der Waals surface area contributed by atoms with E-state index >= 15 is 0 Å². The number of halogens is 2. The number of ether oxygens (including phenoxy) is 1. The van der Waals surface area contributed by atoms with Crippen molar-refractivity contribution in [3.05, 3.63) is 53.3 Å². The quantitative estimate of drug-likeness (QED) is 0.578. The molecule has 2 aromatic rings. The number of piperidine rings is 2. The molecule has 0 unspecified atom stereocenters. The Labute approximate surface area is 217 Å². The Morgan fingerprint density at radius 1 is 1.14 bits per heavy atom. The van der Waals surface area contributed by atoms with E-state index in [0.29, 0.717) is 60.9 Å². The van der Waals surface area contributed by atoms with Gasteiger partial charge in [-0.05, 0) is 93.9 Å². The lowest BCUT2D eigenvalue weighted by molar-refractivity contribution is 0.0470. The summed E-state index contributed by atoms with van der Waals surface area (Å²) in [5.74, 6) is -0.243. The molecule has 2 heterocycles. The lowest BCUT2D eigenvalue weighted by atomic mass is 9.96. The van der Waals surface area contributed by atoms with Crippen molar-refractivity contribution in [2.75, 3.05) is 39.3 Å². The van der Waals surface area contributed by atoms with Crippen molar-refractivity contribution >= 4 is 5.91 Å². The molecule has 2 fully saturated rings. The molecule has 0 radical (unpaired) electrons. The predicted molar refractivity (Wildman–Crippen MR) is 138 cm³/mol. The fourth-order valence-electron chi connectivity index (χ4n) is 5.15. The summed E-state index contributed by atoms with van der Waals surface area (Å²) < 4.78 is 34.8. The van der Waals surface area contributed by atoms with Crippen molar-refractivity contribution in [1.82, 2.24) is 9.80 Å². The van der Waals surface area contributed by atoms with Crippen LogP contribution in [0.4, 0.5) is 8.78 Å². The molecule has 8 heteroatoms. The molecular weight excluding hydrogens is 476 g/mol. The molecule has 1 atom stereocenters. The first-order valence-corrected chi connectivity index (χ1v) is 13.0. The summed E-state index contributed by atoms with van der Waals surface area (Å²) in [6.45, 7) is 6.47. The Balaban J connectivity index is 1.38. The molecule has 6 nitrogen and oxygen atoms in total. The topological polar surface area (TPSA) is 76.8 Å². The number of amides is 1. The van der Waals surface area contributed by atoms with E-state index in [0.717, 1.165) is 25.9 Å². The lowest BCUT2D eigenvalue weighted by Crippen LogP contribution is -2.42. The lowest BCUT2D eigenvalue weighted by Gasteiger charge is -2.34. The van der Waals surface area contributed by atoms with E-state index in [1.807, 2.05) is 0 Å². The van der Waals surface area contributed by atoms with Crippen molar-refractivity contribution < 1.29 is 23.4 Å². The van der Waals surface area contributed by atoms with Gasteiger partial charge >= 0.3 is 0 Å². The first kappa shape index (κ1) is 27.0. The van der Waals surface area contributed by atoms with E-state index < -0.39 is 23.5 Å². The monoisotopic (exact) mass is 511 g/mol. The Kier molecular flexibility index (Phi) is 8.46. The molecule has 1 N–H and O–H groups in total. The first-order valence-electron chi connectivity index (χ1n) is 13.0. The number of rotatable bonds is 7. The molecule has 2 aliphatic rings. The summed E-state index contributed by atoms with van der Waals surface area (Å²) in [5.41, 5.74) is 0.329. The van der Waals surface area contributed by atoms with E-state index in [1.165, 1.54) is 17.0 Å². The Bertz CT molecular complexity index is 1150. The maximum atomic E-state index is 14.9. The first-order chi connectivity index (χ1) is 17.6. The number of nitriles is 1. The maximum absolute atomic E-state index is 14.9. The van der Waals surface area contributed by atoms with Crippen LogP contribution in [0.25, 0.3) is 11.1 Å². The van der Waals surface area contributed by atoms with Crippen molar-refractivity contribution in [2.24, 2.45) is 5.92 Å². The van der Waals surface area contributed by atoms with Crippen molar-refractivity contribution in [2.45, 2.75) is 51.3 Å². The summed E-state index contributed by atoms with van der Waals surface area (Å²) in [4.78, 5) is 16.4. The molecule has 0 aliphatic carbocycles. The number of nitrogens with zero attached hydrogens (tertiary/aromatic N) is 3. The highest BCUT2D eigenvalue weighted by atomic mass is 19.1. The summed E-state index contributed by atoms with van der Waals surface area (Å²) in [6, 6.07) is 11.8. The van der Waals surface area contributed by atoms with E-state index in [2.05, 4.69) is 11.0 Å². The van der Waals surface area contributed by atoms with Gasteiger partial charge in [0, 0.05) is 19.6 Å². The normalized spacial score (nSPS) is 19.5. The van der Waals surface area contributed by atoms with Gasteiger partial charge in [-0.1, -0.05) is 12.1 Å². The van der Waals surface area contributed by atoms with Crippen LogP contribution >= 0.6 is 0 Å². The Morgan fingerprint density at radius 3 is 2.49 bits per heavy atom. The largest absolute Gasteiger partial charge is 0.492 e. The maximum Gasteiger partial charge on any atom is 0.256 e. The van der Waals surface area contributed by atoms with Crippen LogP contribution in [0.15, 0.2) is 36.4 Å². The smallest absolute Gasteiger partial charge is 0.256 e. The molecule has 2 saturated heterocycles. The zero-order valence-corrected chi connectivity index (χ0v) is 21.6. The second-order valence-electron chi connectivity index (χ2n) is 10.8. The minimum atomic E-state index is -1.21. The molecule has 198 valence electrons. The van der Waals surface area contributed by atoms with Gasteiger partial charge in [0.2, 0.25) is 0 Å². The van der Waals surface area contributed by atoms with Gasteiger partial charge in [0.05, 0.1) is 23.8 Å². The van der Waals surface area contributed by atoms with Crippen LogP contribution < -0.4 is 4.74 Å². The Morgan fingerprint density at radius 2 is 1.84 bits per heavy atom. The summed E-state index contributed by atoms with van der Waals surface area (Å²) in [5, 5.41) is 19.5. The fourth-order valence-corrected chi connectivity index (χ4v) is 5.15. The van der Waals surface area contributed by atoms with Crippen LogP contribution in [-0.2, 0) is 0 Å². The number of aliphatic hydroxyl groups is 1. The molecule has 0 aromatic heterocycles. The molecule has 0 saturated carbocycles. The molecule has 1 amide bonds. The molecule has 2 aliphatic heterocycles. The van der Waals surface area contributed by atoms with Crippen LogP contribution in [0.5, 0.6) is 5.75 Å². The van der Waals surface area contributed by atoms with Crippen LogP contribution in [0.3, 0.4) is 0 Å². The fraction of sp³-hybridized carbons (Fsp3) is 0.517. The standard InChI is InChI=1S/C29H35F2N3O3/c1-29(2,31)19-33-12-9-20(10-13-33)18-37-27-8-6-21(14-23(27)16-32)22-5-7-25(26(30)15-22)28(36)34-11-3-4-24(35)17-34/h5-8,14-15,20,24,35H,3-4,9-13,17-19H2,1-2H3/t24-/m1/s1. The summed E-state index contributed by atoms with van der Waals surface area (Å²) in [7, 11) is 0. The minimum Gasteiger partial charge on any atom is -0.492 e. The third kappa shape index (κ3) is 7.06. The van der Waals surface area contributed by atoms with Crippen molar-refractivity contribution in [3.63, 3.8) is 0 Å². The average Bonchev–Trinajstić information content (AvgIpc) is 2.87. The van der Waals surface area contributed by atoms with Crippen LogP contribution in [0.2, 0.25) is 0 Å². The predicted octanol–water partition coefficient (Wildman–Crippen LogP) is 4.80. The third-order valence-electron chi connectivity index (χ3n) is 7.10. The van der Waals surface area contributed by atoms with E-state index in [4.69, 9.17) is 4.74 Å². The van der Waals surface area contributed by atoms with Gasteiger partial charge in [-0.3, -0.25) is 4.79 Å². The number of aliphatic hydroxyl groups excluding tert-OH is 1. The average molecular weight is 512 g/mol. The zero-order valence-electron chi connectivity index (χ0n) is 21.6. The van der Waals surface area contributed by atoms with E-state index in [-0.39, 0.29) is 12.1 Å². The summed E-state index contributed by atoms with van der Waals surface area (Å²) in [6.07, 6.45) is 2.58. The molecule has 4 rings (SSSR count). The number of carbonyl (C=O) groups excluding carboxylic acids is 1. The third-order valence-corrected chi connectivity index (χ3v) is 7.10. The number of hydrogen-bond donors (Lipinski definition) is 1. The highest BCUT2D eigenvalue weighted by molar-refractivity contribution is 5.95. The number of benzene rings is 2. The molecule has 0 bridgehead atoms. The highest BCUT2D eigenvalue weighted by Crippen LogP contribution is 2.29. The van der Waals surface area contributed by atoms with Gasteiger partial charge in [-0.2, -0.15) is 5.26 Å². The van der Waals surface area contributed by atoms with Gasteiger partial charge in [0.15, 0.2) is 0 Å². The molecule has 37 heavy (non-hydrogen) atoms. The number of β-amino-alcohol motifs (C(OH)–C–C–N with tert-alkyl or cyclic N) is 1. The van der Waals surface area contributed by atoms with Crippen molar-refractivity contribution in [3.8, 4) is 22.9 Å². The van der Waals surface area contributed by atoms with Gasteiger partial charge < -0.3 is 19.6 Å².